The summed E-state index contributed by atoms with van der Waals surface area (Å²) < 4.78 is 36.1. The van der Waals surface area contributed by atoms with E-state index in [2.05, 4.69) is 12.2 Å². The highest BCUT2D eigenvalue weighted by molar-refractivity contribution is 5.94. The van der Waals surface area contributed by atoms with Crippen LogP contribution in [0.2, 0.25) is 0 Å². The molecule has 1 aromatic carbocycles. The van der Waals surface area contributed by atoms with Crippen molar-refractivity contribution in [3.05, 3.63) is 70.1 Å². The zero-order valence-corrected chi connectivity index (χ0v) is 35.4. The number of methoxy groups -OCH3 is 1. The molecule has 59 heavy (non-hydrogen) atoms. The van der Waals surface area contributed by atoms with Gasteiger partial charge in [-0.05, 0) is 46.1 Å². The summed E-state index contributed by atoms with van der Waals surface area (Å²) in [4.78, 5) is 68.7. The number of pyridine rings is 1. The van der Waals surface area contributed by atoms with Crippen LogP contribution in [0, 0.1) is 0 Å². The van der Waals surface area contributed by atoms with E-state index in [1.54, 1.807) is 24.3 Å². The molecule has 14 heteroatoms. The van der Waals surface area contributed by atoms with E-state index < -0.39 is 46.8 Å². The van der Waals surface area contributed by atoms with Gasteiger partial charge in [0, 0.05) is 36.4 Å². The number of para-hydroxylation sites is 1. The van der Waals surface area contributed by atoms with Gasteiger partial charge in [-0.2, -0.15) is 0 Å². The summed E-state index contributed by atoms with van der Waals surface area (Å²) in [6.07, 6.45) is 21.0. The third-order valence-electron chi connectivity index (χ3n) is 10.2. The first-order chi connectivity index (χ1) is 28.6. The van der Waals surface area contributed by atoms with Crippen molar-refractivity contribution < 1.29 is 47.6 Å². The lowest BCUT2D eigenvalue weighted by atomic mass is 10.0. The first-order valence-corrected chi connectivity index (χ1v) is 21.3. The molecule has 1 N–H and O–H groups in total. The maximum atomic E-state index is 14.5. The lowest BCUT2D eigenvalue weighted by molar-refractivity contribution is -0.308. The van der Waals surface area contributed by atoms with Gasteiger partial charge < -0.3 is 43.2 Å². The number of aromatic nitrogens is 1. The highest BCUT2D eigenvalue weighted by Gasteiger charge is 2.45. The second-order valence-corrected chi connectivity index (χ2v) is 15.3. The number of fused-ring (bicyclic) bond motifs is 6. The molecule has 3 aliphatic heterocycles. The zero-order chi connectivity index (χ0) is 42.5. The van der Waals surface area contributed by atoms with E-state index in [0.717, 1.165) is 63.0 Å². The van der Waals surface area contributed by atoms with Gasteiger partial charge in [0.2, 0.25) is 11.5 Å². The van der Waals surface area contributed by atoms with Crippen LogP contribution in [0.15, 0.2) is 53.4 Å². The number of benzene rings is 1. The first kappa shape index (κ1) is 46.7. The molecule has 5 rings (SSSR count). The Hall–Kier alpha value is -4.95. The average Bonchev–Trinajstić information content (AvgIpc) is 3.35. The largest absolute Gasteiger partial charge is 0.496 e. The van der Waals surface area contributed by atoms with Crippen molar-refractivity contribution in [1.29, 1.82) is 0 Å². The summed E-state index contributed by atoms with van der Waals surface area (Å²) in [5, 5.41) is 3.30. The van der Waals surface area contributed by atoms with Crippen LogP contribution >= 0.6 is 0 Å². The fourth-order valence-corrected chi connectivity index (χ4v) is 7.06. The molecule has 0 unspecified atom stereocenters. The van der Waals surface area contributed by atoms with Gasteiger partial charge in [0.05, 0.1) is 25.8 Å². The average molecular weight is 822 g/mol. The summed E-state index contributed by atoms with van der Waals surface area (Å²) >= 11 is 0. The third-order valence-corrected chi connectivity index (χ3v) is 10.2. The van der Waals surface area contributed by atoms with Crippen LogP contribution in [-0.2, 0) is 41.7 Å². The molecule has 0 radical (unpaired) electrons. The van der Waals surface area contributed by atoms with Crippen LogP contribution in [0.1, 0.15) is 127 Å². The molecule has 14 nitrogen and oxygen atoms in total. The number of nitrogens with zero attached hydrogens (tertiary/aromatic N) is 2. The van der Waals surface area contributed by atoms with E-state index in [1.165, 1.54) is 69.5 Å². The molecule has 0 saturated carbocycles. The lowest BCUT2D eigenvalue weighted by Crippen LogP contribution is -2.45. The molecule has 3 aliphatic rings. The molecule has 2 bridgehead atoms. The van der Waals surface area contributed by atoms with Crippen LogP contribution in [0.4, 0.5) is 0 Å². The number of hydrogen-bond acceptors (Lipinski definition) is 13. The lowest BCUT2D eigenvalue weighted by Gasteiger charge is -2.32. The van der Waals surface area contributed by atoms with E-state index in [0.29, 0.717) is 30.7 Å². The zero-order valence-electron chi connectivity index (χ0n) is 35.4. The van der Waals surface area contributed by atoms with E-state index in [9.17, 15) is 24.0 Å². The van der Waals surface area contributed by atoms with Crippen molar-refractivity contribution >= 4 is 23.9 Å². The molecule has 0 fully saturated rings. The van der Waals surface area contributed by atoms with Crippen LogP contribution in [0.3, 0.4) is 0 Å². The number of ether oxygens (including phenoxy) is 6. The predicted molar refractivity (Wildman–Crippen MR) is 222 cm³/mol. The minimum atomic E-state index is -2.43. The summed E-state index contributed by atoms with van der Waals surface area (Å²) in [7, 11) is 5.42. The van der Waals surface area contributed by atoms with Gasteiger partial charge in [-0.3, -0.25) is 4.79 Å². The monoisotopic (exact) mass is 821 g/mol. The summed E-state index contributed by atoms with van der Waals surface area (Å²) in [6.45, 7) is 3.51. The van der Waals surface area contributed by atoms with Gasteiger partial charge in [0.1, 0.15) is 5.75 Å². The molecule has 324 valence electrons. The van der Waals surface area contributed by atoms with Gasteiger partial charge in [0.15, 0.2) is 0 Å². The number of rotatable bonds is 27. The Labute approximate surface area is 348 Å². The van der Waals surface area contributed by atoms with Gasteiger partial charge in [-0.15, -0.1) is 0 Å². The van der Waals surface area contributed by atoms with E-state index in [-0.39, 0.29) is 31.1 Å². The number of hydrogen-bond donors (Lipinski definition) is 1. The quantitative estimate of drug-likeness (QED) is 0.0708. The Morgan fingerprint density at radius 3 is 1.81 bits per heavy atom. The second-order valence-electron chi connectivity index (χ2n) is 15.3. The first-order valence-electron chi connectivity index (χ1n) is 21.3. The molecule has 4 heterocycles. The van der Waals surface area contributed by atoms with Gasteiger partial charge >= 0.3 is 29.9 Å². The Kier molecular flexibility index (Phi) is 19.7. The Bertz CT molecular complexity index is 1800. The number of nitrogens with one attached hydrogen (secondary N) is 1. The molecular weight excluding hydrogens is 759 g/mol. The minimum absolute atomic E-state index is 0.00708. The smallest absolute Gasteiger partial charge is 0.422 e. The number of cyclic esters (lactones) is 2. The fraction of sp³-hybridized carbons (Fsp3) is 0.578. The Morgan fingerprint density at radius 2 is 1.24 bits per heavy atom. The number of esters is 4. The number of carbonyl (C=O) groups excluding carboxylic acids is 4. The molecule has 0 amide bonds. The molecule has 0 saturated heterocycles. The van der Waals surface area contributed by atoms with Crippen molar-refractivity contribution in [2.24, 2.45) is 0 Å². The molecule has 1 aromatic heterocycles. The number of unbranched alkanes of at least 4 members (excludes halogenated alkanes) is 14. The molecular formula is C45H63N3O11. The van der Waals surface area contributed by atoms with Crippen LogP contribution in [0.5, 0.6) is 23.1 Å². The van der Waals surface area contributed by atoms with Crippen molar-refractivity contribution in [2.75, 3.05) is 34.3 Å². The predicted octanol–water partition coefficient (Wildman–Crippen LogP) is 7.28. The van der Waals surface area contributed by atoms with Crippen LogP contribution < -0.4 is 29.7 Å². The maximum absolute atomic E-state index is 14.5. The highest BCUT2D eigenvalue weighted by atomic mass is 16.9. The Balaban J connectivity index is 1.61. The highest BCUT2D eigenvalue weighted by Crippen LogP contribution is 2.38. The summed E-state index contributed by atoms with van der Waals surface area (Å²) in [6, 6.07) is 7.11. The molecule has 0 atom stereocenters. The van der Waals surface area contributed by atoms with Gasteiger partial charge in [-0.25, -0.2) is 19.2 Å². The van der Waals surface area contributed by atoms with E-state index >= 15 is 0 Å². The van der Waals surface area contributed by atoms with Crippen molar-refractivity contribution in [1.82, 2.24) is 14.8 Å². The minimum Gasteiger partial charge on any atom is -0.496 e. The molecule has 0 aliphatic carbocycles. The van der Waals surface area contributed by atoms with E-state index in [4.69, 9.17) is 28.4 Å². The van der Waals surface area contributed by atoms with Crippen molar-refractivity contribution in [3.8, 4) is 23.1 Å². The standard InChI is InChI=1S/C45H63N3O11/c1-5-6-7-8-9-10-11-12-13-14-15-16-17-18-21-29-45(57-39(51)27-28-40(52)58-45)59-43-41(53)42-35(32-46-30-22-31-47(2)3)48(33-34-23-19-20-24-36(34)54-4)44(43)56-38(50)26-25-37(49)55-42/h19-20,23-28,46H,5-18,21-22,29-33H2,1-4H3/b26-25+. The normalized spacial score (nSPS) is 15.3. The Morgan fingerprint density at radius 1 is 0.695 bits per heavy atom. The van der Waals surface area contributed by atoms with Crippen molar-refractivity contribution in [2.45, 2.75) is 135 Å². The summed E-state index contributed by atoms with van der Waals surface area (Å²) in [5.74, 6) is -7.33. The van der Waals surface area contributed by atoms with Gasteiger partial charge in [-0.1, -0.05) is 115 Å². The fourth-order valence-electron chi connectivity index (χ4n) is 7.06. The third kappa shape index (κ3) is 15.3. The number of carbonyl (C=O) groups is 4. The van der Waals surface area contributed by atoms with Crippen LogP contribution in [0.25, 0.3) is 0 Å². The summed E-state index contributed by atoms with van der Waals surface area (Å²) in [5.41, 5.74) is -0.208. The van der Waals surface area contributed by atoms with E-state index in [1.807, 2.05) is 19.0 Å². The SMILES string of the molecule is CCCCCCCCCCCCCCCCCC1(Oc2c3n(Cc4ccccc4OC)c(CNCCCN(C)C)c(c2=O)OC(=O)/C=C/C(=O)O3)OC(=O)C=CC(=O)O1. The van der Waals surface area contributed by atoms with Gasteiger partial charge in [0.25, 0.3) is 11.3 Å². The van der Waals surface area contributed by atoms with Crippen LogP contribution in [-0.4, -0.2) is 73.6 Å². The maximum Gasteiger partial charge on any atom is 0.422 e. The molecule has 2 aromatic rings. The topological polar surface area (TPSA) is 161 Å². The molecule has 0 spiro atoms. The second kappa shape index (κ2) is 24.9. The van der Waals surface area contributed by atoms with Crippen molar-refractivity contribution in [3.63, 3.8) is 0 Å².